The Bertz CT molecular complexity index is 572. The van der Waals surface area contributed by atoms with Gasteiger partial charge >= 0.3 is 0 Å². The van der Waals surface area contributed by atoms with Crippen molar-refractivity contribution in [2.75, 3.05) is 5.73 Å². The SMILES string of the molecule is CCn1cc(CC(=O)c2ccc(C)c(N)c2)cn1. The van der Waals surface area contributed by atoms with Gasteiger partial charge in [0.05, 0.1) is 6.20 Å². The van der Waals surface area contributed by atoms with Gasteiger partial charge in [0, 0.05) is 30.4 Å². The van der Waals surface area contributed by atoms with Crippen molar-refractivity contribution in [3.05, 3.63) is 47.3 Å². The third-order valence-electron chi connectivity index (χ3n) is 2.98. The van der Waals surface area contributed by atoms with E-state index in [1.165, 1.54) is 0 Å². The van der Waals surface area contributed by atoms with Gasteiger partial charge in [-0.05, 0) is 31.0 Å². The van der Waals surface area contributed by atoms with Gasteiger partial charge in [0.15, 0.2) is 5.78 Å². The summed E-state index contributed by atoms with van der Waals surface area (Å²) < 4.78 is 1.81. The number of carbonyl (C=O) groups is 1. The van der Waals surface area contributed by atoms with E-state index in [1.807, 2.05) is 36.9 Å². The number of nitrogens with two attached hydrogens (primary N) is 1. The molecule has 18 heavy (non-hydrogen) atoms. The monoisotopic (exact) mass is 243 g/mol. The minimum atomic E-state index is 0.0670. The largest absolute Gasteiger partial charge is 0.398 e. The predicted molar refractivity (Wildman–Crippen MR) is 71.5 cm³/mol. The maximum atomic E-state index is 12.1. The van der Waals surface area contributed by atoms with Crippen LogP contribution in [0, 0.1) is 6.92 Å². The summed E-state index contributed by atoms with van der Waals surface area (Å²) in [5.74, 6) is 0.0670. The minimum Gasteiger partial charge on any atom is -0.398 e. The quantitative estimate of drug-likeness (QED) is 0.661. The van der Waals surface area contributed by atoms with Crippen LogP contribution >= 0.6 is 0 Å². The van der Waals surface area contributed by atoms with Crippen molar-refractivity contribution in [2.24, 2.45) is 0 Å². The normalized spacial score (nSPS) is 10.6. The van der Waals surface area contributed by atoms with E-state index in [1.54, 1.807) is 12.3 Å². The molecule has 1 aromatic heterocycles. The number of aromatic nitrogens is 2. The summed E-state index contributed by atoms with van der Waals surface area (Å²) in [6.07, 6.45) is 4.00. The first-order valence-corrected chi connectivity index (χ1v) is 6.01. The maximum Gasteiger partial charge on any atom is 0.167 e. The highest BCUT2D eigenvalue weighted by Crippen LogP contribution is 2.15. The lowest BCUT2D eigenvalue weighted by atomic mass is 10.0. The Hall–Kier alpha value is -2.10. The Morgan fingerprint density at radius 3 is 2.83 bits per heavy atom. The average Bonchev–Trinajstić information content (AvgIpc) is 2.80. The number of nitrogen functional groups attached to an aromatic ring is 1. The zero-order valence-electron chi connectivity index (χ0n) is 10.7. The summed E-state index contributed by atoms with van der Waals surface area (Å²) in [6.45, 7) is 4.75. The molecule has 4 nitrogen and oxygen atoms in total. The molecule has 1 heterocycles. The molecule has 0 atom stereocenters. The van der Waals surface area contributed by atoms with Crippen LogP contribution in [-0.4, -0.2) is 15.6 Å². The molecule has 94 valence electrons. The molecule has 0 spiro atoms. The van der Waals surface area contributed by atoms with Crippen molar-refractivity contribution < 1.29 is 4.79 Å². The van der Waals surface area contributed by atoms with Gasteiger partial charge in [-0.2, -0.15) is 5.10 Å². The molecule has 2 rings (SSSR count). The number of aryl methyl sites for hydroxylation is 2. The van der Waals surface area contributed by atoms with Crippen molar-refractivity contribution in [3.8, 4) is 0 Å². The summed E-state index contributed by atoms with van der Waals surface area (Å²) in [6, 6.07) is 5.43. The van der Waals surface area contributed by atoms with Crippen molar-refractivity contribution in [1.29, 1.82) is 0 Å². The molecular weight excluding hydrogens is 226 g/mol. The second-order valence-electron chi connectivity index (χ2n) is 4.38. The smallest absolute Gasteiger partial charge is 0.167 e. The van der Waals surface area contributed by atoms with Crippen LogP contribution in [0.25, 0.3) is 0 Å². The molecule has 0 aliphatic heterocycles. The molecule has 0 fully saturated rings. The number of anilines is 1. The zero-order chi connectivity index (χ0) is 13.1. The molecule has 4 heteroatoms. The van der Waals surface area contributed by atoms with Gasteiger partial charge in [-0.1, -0.05) is 12.1 Å². The lowest BCUT2D eigenvalue weighted by Gasteiger charge is -2.03. The van der Waals surface area contributed by atoms with Gasteiger partial charge in [0.25, 0.3) is 0 Å². The molecule has 0 aliphatic carbocycles. The van der Waals surface area contributed by atoms with E-state index in [0.717, 1.165) is 17.7 Å². The van der Waals surface area contributed by atoms with E-state index in [9.17, 15) is 4.79 Å². The molecule has 0 saturated heterocycles. The lowest BCUT2D eigenvalue weighted by molar-refractivity contribution is 0.0993. The Morgan fingerprint density at radius 2 is 2.22 bits per heavy atom. The van der Waals surface area contributed by atoms with Crippen molar-refractivity contribution in [1.82, 2.24) is 9.78 Å². The highest BCUT2D eigenvalue weighted by molar-refractivity contribution is 5.98. The van der Waals surface area contributed by atoms with Crippen LogP contribution in [0.5, 0.6) is 0 Å². The van der Waals surface area contributed by atoms with Crippen LogP contribution in [0.2, 0.25) is 0 Å². The van der Waals surface area contributed by atoms with Crippen LogP contribution in [0.1, 0.15) is 28.4 Å². The molecule has 0 amide bonds. The molecule has 2 N–H and O–H groups in total. The van der Waals surface area contributed by atoms with Gasteiger partial charge in [0.1, 0.15) is 0 Å². The first kappa shape index (κ1) is 12.4. The van der Waals surface area contributed by atoms with Crippen molar-refractivity contribution in [2.45, 2.75) is 26.8 Å². The van der Waals surface area contributed by atoms with E-state index in [-0.39, 0.29) is 5.78 Å². The van der Waals surface area contributed by atoms with Crippen LogP contribution in [0.3, 0.4) is 0 Å². The number of rotatable bonds is 4. The number of ketones is 1. The summed E-state index contributed by atoms with van der Waals surface area (Å²) in [5, 5.41) is 4.15. The molecular formula is C14H17N3O. The molecule has 0 bridgehead atoms. The Kier molecular flexibility index (Phi) is 3.46. The first-order chi connectivity index (χ1) is 8.60. The van der Waals surface area contributed by atoms with Crippen LogP contribution in [0.4, 0.5) is 5.69 Å². The van der Waals surface area contributed by atoms with E-state index in [4.69, 9.17) is 5.73 Å². The van der Waals surface area contributed by atoms with Gasteiger partial charge in [-0.15, -0.1) is 0 Å². The van der Waals surface area contributed by atoms with Gasteiger partial charge in [0.2, 0.25) is 0 Å². The fourth-order valence-electron chi connectivity index (χ4n) is 1.77. The third-order valence-corrected chi connectivity index (χ3v) is 2.98. The second kappa shape index (κ2) is 5.04. The fraction of sp³-hybridized carbons (Fsp3) is 0.286. The molecule has 1 aromatic carbocycles. The number of benzene rings is 1. The van der Waals surface area contributed by atoms with Gasteiger partial charge < -0.3 is 5.73 Å². The highest BCUT2D eigenvalue weighted by atomic mass is 16.1. The predicted octanol–water partition coefficient (Wildman–Crippen LogP) is 2.22. The van der Waals surface area contributed by atoms with Crippen molar-refractivity contribution >= 4 is 11.5 Å². The Morgan fingerprint density at radius 1 is 1.44 bits per heavy atom. The highest BCUT2D eigenvalue weighted by Gasteiger charge is 2.09. The molecule has 2 aromatic rings. The number of nitrogens with zero attached hydrogens (tertiary/aromatic N) is 2. The van der Waals surface area contributed by atoms with Crippen LogP contribution < -0.4 is 5.73 Å². The second-order valence-corrected chi connectivity index (χ2v) is 4.38. The number of hydrogen-bond donors (Lipinski definition) is 1. The summed E-state index contributed by atoms with van der Waals surface area (Å²) in [7, 11) is 0. The number of Topliss-reactive ketones (excluding diaryl/α,β-unsaturated/α-hetero) is 1. The summed E-state index contributed by atoms with van der Waals surface area (Å²) in [4.78, 5) is 12.1. The topological polar surface area (TPSA) is 60.9 Å². The number of carbonyl (C=O) groups excluding carboxylic acids is 1. The fourth-order valence-corrected chi connectivity index (χ4v) is 1.77. The first-order valence-electron chi connectivity index (χ1n) is 6.01. The van der Waals surface area contributed by atoms with E-state index >= 15 is 0 Å². The Labute approximate surface area is 106 Å². The molecule has 0 radical (unpaired) electrons. The van der Waals surface area contributed by atoms with Crippen molar-refractivity contribution in [3.63, 3.8) is 0 Å². The van der Waals surface area contributed by atoms with Gasteiger partial charge in [-0.3, -0.25) is 9.48 Å². The van der Waals surface area contributed by atoms with Crippen LogP contribution in [0.15, 0.2) is 30.6 Å². The number of hydrogen-bond acceptors (Lipinski definition) is 3. The summed E-state index contributed by atoms with van der Waals surface area (Å²) in [5.41, 5.74) is 9.04. The van der Waals surface area contributed by atoms with E-state index < -0.39 is 0 Å². The van der Waals surface area contributed by atoms with Gasteiger partial charge in [-0.25, -0.2) is 0 Å². The third kappa shape index (κ3) is 2.59. The Balaban J connectivity index is 2.14. The van der Waals surface area contributed by atoms with E-state index in [0.29, 0.717) is 17.7 Å². The standard InChI is InChI=1S/C14H17N3O/c1-3-17-9-11(8-16-17)6-14(18)12-5-4-10(2)13(15)7-12/h4-5,7-9H,3,6,15H2,1-2H3. The average molecular weight is 243 g/mol. The molecule has 0 unspecified atom stereocenters. The molecule has 0 saturated carbocycles. The minimum absolute atomic E-state index is 0.0670. The van der Waals surface area contributed by atoms with E-state index in [2.05, 4.69) is 5.10 Å². The lowest BCUT2D eigenvalue weighted by Crippen LogP contribution is -2.04. The molecule has 0 aliphatic rings. The maximum absolute atomic E-state index is 12.1. The summed E-state index contributed by atoms with van der Waals surface area (Å²) >= 11 is 0. The zero-order valence-corrected chi connectivity index (χ0v) is 10.7. The van der Waals surface area contributed by atoms with Crippen LogP contribution in [-0.2, 0) is 13.0 Å².